The molecule has 0 bridgehead atoms. The summed E-state index contributed by atoms with van der Waals surface area (Å²) in [6.45, 7) is 4.16. The number of anilines is 1. The van der Waals surface area contributed by atoms with Crippen molar-refractivity contribution in [2.75, 3.05) is 5.32 Å². The minimum atomic E-state index is -4.37. The number of unbranched alkanes of at least 4 members (excludes halogenated alkanes) is 2. The smallest absolute Gasteiger partial charge is 0.381 e. The molecule has 0 amide bonds. The summed E-state index contributed by atoms with van der Waals surface area (Å²) in [5, 5.41) is 3.15. The normalized spacial score (nSPS) is 13.4. The van der Waals surface area contributed by atoms with E-state index in [9.17, 15) is 13.2 Å². The first kappa shape index (κ1) is 14.8. The Morgan fingerprint density at radius 1 is 1.28 bits per heavy atom. The van der Waals surface area contributed by atoms with Crippen LogP contribution in [-0.4, -0.2) is 11.0 Å². The Morgan fingerprint density at radius 2 is 2.00 bits per heavy atom. The number of rotatable bonds is 6. The molecule has 5 heteroatoms. The van der Waals surface area contributed by atoms with Crippen molar-refractivity contribution in [3.05, 3.63) is 24.0 Å². The summed E-state index contributed by atoms with van der Waals surface area (Å²) in [4.78, 5) is 3.41. The van der Waals surface area contributed by atoms with Gasteiger partial charge in [-0.15, -0.1) is 0 Å². The highest BCUT2D eigenvalue weighted by Gasteiger charge is 2.31. The van der Waals surface area contributed by atoms with Crippen molar-refractivity contribution >= 4 is 5.69 Å². The molecule has 0 aromatic carbocycles. The van der Waals surface area contributed by atoms with Gasteiger partial charge in [0.2, 0.25) is 0 Å². The summed E-state index contributed by atoms with van der Waals surface area (Å²) in [6, 6.07) is 2.67. The Bertz CT molecular complexity index is 346. The van der Waals surface area contributed by atoms with Crippen molar-refractivity contribution in [1.82, 2.24) is 4.98 Å². The average Bonchev–Trinajstić information content (AvgIpc) is 2.29. The molecule has 102 valence electrons. The largest absolute Gasteiger partial charge is 0.433 e. The Labute approximate surface area is 106 Å². The molecule has 0 aliphatic carbocycles. The van der Waals surface area contributed by atoms with Crippen LogP contribution in [0.2, 0.25) is 0 Å². The summed E-state index contributed by atoms with van der Waals surface area (Å²) in [7, 11) is 0. The van der Waals surface area contributed by atoms with Crippen molar-refractivity contribution < 1.29 is 13.2 Å². The molecule has 0 saturated carbocycles. The van der Waals surface area contributed by atoms with Crippen molar-refractivity contribution in [3.8, 4) is 0 Å². The molecule has 1 N–H and O–H groups in total. The van der Waals surface area contributed by atoms with E-state index >= 15 is 0 Å². The molecule has 0 fully saturated rings. The molecule has 1 rings (SSSR count). The molecule has 0 aliphatic rings. The fraction of sp³-hybridized carbons (Fsp3) is 0.615. The van der Waals surface area contributed by atoms with Crippen LogP contribution in [0.15, 0.2) is 18.3 Å². The van der Waals surface area contributed by atoms with Gasteiger partial charge >= 0.3 is 6.18 Å². The minimum Gasteiger partial charge on any atom is -0.381 e. The third-order valence-corrected chi connectivity index (χ3v) is 2.71. The molecule has 0 spiro atoms. The van der Waals surface area contributed by atoms with Crippen LogP contribution in [0, 0.1) is 0 Å². The second-order valence-corrected chi connectivity index (χ2v) is 4.47. The Morgan fingerprint density at radius 3 is 2.50 bits per heavy atom. The third-order valence-electron chi connectivity index (χ3n) is 2.71. The molecule has 1 unspecified atom stereocenters. The van der Waals surface area contributed by atoms with Crippen LogP contribution in [-0.2, 0) is 6.18 Å². The molecular weight excluding hydrogens is 241 g/mol. The SMILES string of the molecule is CCCCCC(C)Nc1ccc(C(F)(F)F)nc1. The molecule has 1 heterocycles. The fourth-order valence-corrected chi connectivity index (χ4v) is 1.70. The van der Waals surface area contributed by atoms with Gasteiger partial charge in [0.15, 0.2) is 0 Å². The lowest BCUT2D eigenvalue weighted by atomic mass is 10.1. The molecule has 0 saturated heterocycles. The maximum atomic E-state index is 12.3. The molecule has 1 atom stereocenters. The minimum absolute atomic E-state index is 0.245. The van der Waals surface area contributed by atoms with E-state index in [2.05, 4.69) is 17.2 Å². The van der Waals surface area contributed by atoms with Crippen LogP contribution in [0.3, 0.4) is 0 Å². The maximum Gasteiger partial charge on any atom is 0.433 e. The van der Waals surface area contributed by atoms with Gasteiger partial charge in [0.1, 0.15) is 5.69 Å². The Balaban J connectivity index is 2.48. The summed E-state index contributed by atoms with van der Waals surface area (Å²) in [6.07, 6.45) is 1.34. The summed E-state index contributed by atoms with van der Waals surface area (Å²) in [5.41, 5.74) is -0.223. The zero-order chi connectivity index (χ0) is 13.6. The van der Waals surface area contributed by atoms with Gasteiger partial charge in [-0.25, -0.2) is 4.98 Å². The highest BCUT2D eigenvalue weighted by molar-refractivity contribution is 5.42. The summed E-state index contributed by atoms with van der Waals surface area (Å²) in [5.74, 6) is 0. The topological polar surface area (TPSA) is 24.9 Å². The lowest BCUT2D eigenvalue weighted by Gasteiger charge is -2.15. The quantitative estimate of drug-likeness (QED) is 0.763. The number of nitrogens with one attached hydrogen (secondary N) is 1. The molecule has 1 aromatic heterocycles. The lowest BCUT2D eigenvalue weighted by Crippen LogP contribution is -2.15. The van der Waals surface area contributed by atoms with Crippen LogP contribution < -0.4 is 5.32 Å². The van der Waals surface area contributed by atoms with E-state index < -0.39 is 11.9 Å². The molecule has 0 radical (unpaired) electrons. The number of alkyl halides is 3. The maximum absolute atomic E-state index is 12.3. The standard InChI is InChI=1S/C13H19F3N2/c1-3-4-5-6-10(2)18-11-7-8-12(17-9-11)13(14,15)16/h7-10,18H,3-6H2,1-2H3. The molecule has 18 heavy (non-hydrogen) atoms. The highest BCUT2D eigenvalue weighted by atomic mass is 19.4. The van der Waals surface area contributed by atoms with Gasteiger partial charge in [-0.3, -0.25) is 0 Å². The predicted molar refractivity (Wildman–Crippen MR) is 66.5 cm³/mol. The number of aromatic nitrogens is 1. The van der Waals surface area contributed by atoms with Gasteiger partial charge in [-0.1, -0.05) is 26.2 Å². The van der Waals surface area contributed by atoms with Crippen LogP contribution in [0.25, 0.3) is 0 Å². The third kappa shape index (κ3) is 4.94. The van der Waals surface area contributed by atoms with Gasteiger partial charge in [0.25, 0.3) is 0 Å². The molecule has 1 aromatic rings. The highest BCUT2D eigenvalue weighted by Crippen LogP contribution is 2.27. The Hall–Kier alpha value is -1.26. The van der Waals surface area contributed by atoms with E-state index in [-0.39, 0.29) is 6.04 Å². The first-order valence-corrected chi connectivity index (χ1v) is 6.23. The van der Waals surface area contributed by atoms with Gasteiger partial charge < -0.3 is 5.32 Å². The summed E-state index contributed by atoms with van der Waals surface area (Å²) < 4.78 is 36.9. The van der Waals surface area contributed by atoms with E-state index in [1.807, 2.05) is 6.92 Å². The lowest BCUT2D eigenvalue weighted by molar-refractivity contribution is -0.141. The molecular formula is C13H19F3N2. The van der Waals surface area contributed by atoms with E-state index in [0.717, 1.165) is 25.3 Å². The zero-order valence-corrected chi connectivity index (χ0v) is 10.7. The second kappa shape index (κ2) is 6.61. The van der Waals surface area contributed by atoms with Crippen molar-refractivity contribution in [3.63, 3.8) is 0 Å². The number of pyridine rings is 1. The molecule has 0 aliphatic heterocycles. The van der Waals surface area contributed by atoms with Gasteiger partial charge in [-0.05, 0) is 25.5 Å². The van der Waals surface area contributed by atoms with E-state index in [4.69, 9.17) is 0 Å². The predicted octanol–water partition coefficient (Wildman–Crippen LogP) is 4.48. The fourth-order valence-electron chi connectivity index (χ4n) is 1.70. The number of hydrogen-bond donors (Lipinski definition) is 1. The van der Waals surface area contributed by atoms with Crippen molar-refractivity contribution in [1.29, 1.82) is 0 Å². The summed E-state index contributed by atoms with van der Waals surface area (Å²) >= 11 is 0. The van der Waals surface area contributed by atoms with Gasteiger partial charge in [0.05, 0.1) is 11.9 Å². The van der Waals surface area contributed by atoms with Gasteiger partial charge in [0, 0.05) is 6.04 Å². The second-order valence-electron chi connectivity index (χ2n) is 4.47. The van der Waals surface area contributed by atoms with Crippen LogP contribution in [0.1, 0.15) is 45.2 Å². The van der Waals surface area contributed by atoms with E-state index in [1.54, 1.807) is 0 Å². The average molecular weight is 260 g/mol. The number of hydrogen-bond acceptors (Lipinski definition) is 2. The zero-order valence-electron chi connectivity index (χ0n) is 10.7. The van der Waals surface area contributed by atoms with Gasteiger partial charge in [-0.2, -0.15) is 13.2 Å². The number of nitrogens with zero attached hydrogens (tertiary/aromatic N) is 1. The van der Waals surface area contributed by atoms with Crippen molar-refractivity contribution in [2.45, 2.75) is 51.7 Å². The first-order chi connectivity index (χ1) is 8.43. The van der Waals surface area contributed by atoms with Crippen LogP contribution in [0.4, 0.5) is 18.9 Å². The van der Waals surface area contributed by atoms with Crippen molar-refractivity contribution in [2.24, 2.45) is 0 Å². The van der Waals surface area contributed by atoms with E-state index in [0.29, 0.717) is 5.69 Å². The Kier molecular flexibility index (Phi) is 5.44. The first-order valence-electron chi connectivity index (χ1n) is 6.23. The monoisotopic (exact) mass is 260 g/mol. The van der Waals surface area contributed by atoms with Crippen LogP contribution >= 0.6 is 0 Å². The molecule has 2 nitrogen and oxygen atoms in total. The van der Waals surface area contributed by atoms with E-state index in [1.165, 1.54) is 18.7 Å². The van der Waals surface area contributed by atoms with Crippen LogP contribution in [0.5, 0.6) is 0 Å². The number of halogens is 3.